The Kier molecular flexibility index (Phi) is 3.57. The van der Waals surface area contributed by atoms with Crippen molar-refractivity contribution in [2.24, 2.45) is 0 Å². The highest BCUT2D eigenvalue weighted by Gasteiger charge is 2.09. The molecule has 0 saturated carbocycles. The van der Waals surface area contributed by atoms with Crippen LogP contribution in [0.15, 0.2) is 36.7 Å². The molecule has 3 aromatic rings. The first-order chi connectivity index (χ1) is 10.0. The first kappa shape index (κ1) is 13.9. The van der Waals surface area contributed by atoms with Crippen molar-refractivity contribution in [3.05, 3.63) is 52.3 Å². The Morgan fingerprint density at radius 2 is 1.86 bits per heavy atom. The zero-order valence-electron chi connectivity index (χ0n) is 11.2. The van der Waals surface area contributed by atoms with Crippen molar-refractivity contribution in [2.75, 3.05) is 11.1 Å². The molecule has 3 N–H and O–H groups in total. The molecule has 0 bridgehead atoms. The van der Waals surface area contributed by atoms with Gasteiger partial charge in [0.05, 0.1) is 16.2 Å². The lowest BCUT2D eigenvalue weighted by molar-refractivity contribution is 1.22. The smallest absolute Gasteiger partial charge is 0.141 e. The second kappa shape index (κ2) is 5.39. The molecule has 0 aliphatic heterocycles. The van der Waals surface area contributed by atoms with Gasteiger partial charge < -0.3 is 11.1 Å². The number of hydrogen-bond donors (Lipinski definition) is 2. The summed E-state index contributed by atoms with van der Waals surface area (Å²) < 4.78 is 0. The van der Waals surface area contributed by atoms with Crippen LogP contribution >= 0.6 is 23.2 Å². The van der Waals surface area contributed by atoms with Gasteiger partial charge in [0, 0.05) is 16.1 Å². The first-order valence-electron chi connectivity index (χ1n) is 6.27. The number of benzene rings is 2. The molecule has 0 unspecified atom stereocenters. The predicted molar refractivity (Wildman–Crippen MR) is 88.4 cm³/mol. The summed E-state index contributed by atoms with van der Waals surface area (Å²) in [7, 11) is 0. The number of halogens is 2. The molecule has 0 spiro atoms. The third-order valence-electron chi connectivity index (χ3n) is 3.16. The molecular formula is C15H12Cl2N4. The quantitative estimate of drug-likeness (QED) is 0.679. The van der Waals surface area contributed by atoms with Crippen molar-refractivity contribution in [2.45, 2.75) is 6.92 Å². The Morgan fingerprint density at radius 3 is 2.67 bits per heavy atom. The minimum Gasteiger partial charge on any atom is -0.399 e. The van der Waals surface area contributed by atoms with Crippen LogP contribution < -0.4 is 11.1 Å². The van der Waals surface area contributed by atoms with Crippen molar-refractivity contribution >= 4 is 51.3 Å². The maximum Gasteiger partial charge on any atom is 0.141 e. The second-order valence-corrected chi connectivity index (χ2v) is 5.52. The molecule has 106 valence electrons. The van der Waals surface area contributed by atoms with Gasteiger partial charge >= 0.3 is 0 Å². The first-order valence-corrected chi connectivity index (χ1v) is 7.03. The van der Waals surface area contributed by atoms with Crippen LogP contribution in [-0.2, 0) is 0 Å². The summed E-state index contributed by atoms with van der Waals surface area (Å²) >= 11 is 12.4. The van der Waals surface area contributed by atoms with Crippen LogP contribution in [0.5, 0.6) is 0 Å². The van der Waals surface area contributed by atoms with Gasteiger partial charge in [0.1, 0.15) is 12.1 Å². The van der Waals surface area contributed by atoms with Crippen LogP contribution in [0, 0.1) is 6.92 Å². The molecule has 0 saturated heterocycles. The minimum atomic E-state index is 0.583. The molecule has 6 heteroatoms. The van der Waals surface area contributed by atoms with E-state index in [2.05, 4.69) is 15.3 Å². The third-order valence-corrected chi connectivity index (χ3v) is 3.88. The number of aryl methyl sites for hydroxylation is 1. The van der Waals surface area contributed by atoms with Gasteiger partial charge in [-0.2, -0.15) is 0 Å². The van der Waals surface area contributed by atoms with Gasteiger partial charge in [0.25, 0.3) is 0 Å². The van der Waals surface area contributed by atoms with E-state index in [0.29, 0.717) is 27.2 Å². The molecule has 2 aromatic carbocycles. The van der Waals surface area contributed by atoms with Crippen molar-refractivity contribution in [3.8, 4) is 0 Å². The molecule has 0 amide bonds. The molecule has 1 heterocycles. The van der Waals surface area contributed by atoms with Crippen LogP contribution in [0.4, 0.5) is 17.2 Å². The molecule has 21 heavy (non-hydrogen) atoms. The van der Waals surface area contributed by atoms with Gasteiger partial charge in [-0.3, -0.25) is 0 Å². The molecule has 0 aliphatic carbocycles. The lowest BCUT2D eigenvalue weighted by Gasteiger charge is -2.11. The van der Waals surface area contributed by atoms with E-state index in [0.717, 1.165) is 16.5 Å². The van der Waals surface area contributed by atoms with E-state index in [1.165, 1.54) is 6.33 Å². The highest BCUT2D eigenvalue weighted by atomic mass is 35.5. The second-order valence-electron chi connectivity index (χ2n) is 4.71. The lowest BCUT2D eigenvalue weighted by Crippen LogP contribution is -1.97. The number of anilines is 3. The Morgan fingerprint density at radius 1 is 1.05 bits per heavy atom. The molecule has 3 rings (SSSR count). The number of nitrogens with one attached hydrogen (secondary N) is 1. The fourth-order valence-corrected chi connectivity index (χ4v) is 2.47. The number of nitrogen functional groups attached to an aromatic ring is 1. The van der Waals surface area contributed by atoms with E-state index >= 15 is 0 Å². The predicted octanol–water partition coefficient (Wildman–Crippen LogP) is 4.57. The summed E-state index contributed by atoms with van der Waals surface area (Å²) in [4.78, 5) is 8.47. The standard InChI is InChI=1S/C15H12Cl2N4/c1-8-4-12(17)14(6-11(8)16)21-15-10-3-2-9(18)5-13(10)19-7-20-15/h2-7H,18H2,1H3,(H,19,20,21). The maximum atomic E-state index is 6.24. The van der Waals surface area contributed by atoms with Gasteiger partial charge in [-0.15, -0.1) is 0 Å². The van der Waals surface area contributed by atoms with Crippen LogP contribution in [0.2, 0.25) is 10.0 Å². The topological polar surface area (TPSA) is 63.8 Å². The monoisotopic (exact) mass is 318 g/mol. The van der Waals surface area contributed by atoms with Crippen LogP contribution in [0.25, 0.3) is 10.9 Å². The number of nitrogens with two attached hydrogens (primary N) is 1. The summed E-state index contributed by atoms with van der Waals surface area (Å²) in [6, 6.07) is 9.07. The van der Waals surface area contributed by atoms with Gasteiger partial charge in [0.15, 0.2) is 0 Å². The van der Waals surface area contributed by atoms with E-state index < -0.39 is 0 Å². The van der Waals surface area contributed by atoms with E-state index in [4.69, 9.17) is 28.9 Å². The molecule has 4 nitrogen and oxygen atoms in total. The zero-order chi connectivity index (χ0) is 15.0. The van der Waals surface area contributed by atoms with Gasteiger partial charge in [-0.1, -0.05) is 23.2 Å². The molecule has 0 radical (unpaired) electrons. The average molecular weight is 319 g/mol. The van der Waals surface area contributed by atoms with E-state index in [-0.39, 0.29) is 0 Å². The Labute approximate surface area is 131 Å². The van der Waals surface area contributed by atoms with Gasteiger partial charge in [0.2, 0.25) is 0 Å². The van der Waals surface area contributed by atoms with E-state index in [1.807, 2.05) is 19.1 Å². The molecule has 0 atom stereocenters. The number of hydrogen-bond acceptors (Lipinski definition) is 4. The van der Waals surface area contributed by atoms with Crippen molar-refractivity contribution in [3.63, 3.8) is 0 Å². The van der Waals surface area contributed by atoms with E-state index in [1.54, 1.807) is 18.2 Å². The minimum absolute atomic E-state index is 0.583. The molecule has 0 aliphatic rings. The van der Waals surface area contributed by atoms with Crippen molar-refractivity contribution in [1.29, 1.82) is 0 Å². The highest BCUT2D eigenvalue weighted by Crippen LogP contribution is 2.32. The largest absolute Gasteiger partial charge is 0.399 e. The third kappa shape index (κ3) is 2.73. The van der Waals surface area contributed by atoms with Gasteiger partial charge in [-0.25, -0.2) is 9.97 Å². The SMILES string of the molecule is Cc1cc(Cl)c(Nc2ncnc3cc(N)ccc23)cc1Cl. The van der Waals surface area contributed by atoms with Crippen molar-refractivity contribution in [1.82, 2.24) is 9.97 Å². The van der Waals surface area contributed by atoms with Crippen LogP contribution in [-0.4, -0.2) is 9.97 Å². The fourth-order valence-electron chi connectivity index (χ4n) is 2.04. The van der Waals surface area contributed by atoms with Crippen molar-refractivity contribution < 1.29 is 0 Å². The molecule has 1 aromatic heterocycles. The Hall–Kier alpha value is -2.04. The normalized spacial score (nSPS) is 10.8. The summed E-state index contributed by atoms with van der Waals surface area (Å²) in [6.07, 6.45) is 1.48. The zero-order valence-corrected chi connectivity index (χ0v) is 12.7. The Bertz CT molecular complexity index is 833. The molecular weight excluding hydrogens is 307 g/mol. The Balaban J connectivity index is 2.08. The van der Waals surface area contributed by atoms with Crippen LogP contribution in [0.3, 0.4) is 0 Å². The maximum absolute atomic E-state index is 6.24. The average Bonchev–Trinajstić information content (AvgIpc) is 2.44. The summed E-state index contributed by atoms with van der Waals surface area (Å²) in [6.45, 7) is 1.90. The summed E-state index contributed by atoms with van der Waals surface area (Å²) in [5.41, 5.74) is 8.81. The summed E-state index contributed by atoms with van der Waals surface area (Å²) in [5, 5.41) is 5.28. The fraction of sp³-hybridized carbons (Fsp3) is 0.0667. The highest BCUT2D eigenvalue weighted by molar-refractivity contribution is 6.36. The number of nitrogens with zero attached hydrogens (tertiary/aromatic N) is 2. The number of aromatic nitrogens is 2. The lowest BCUT2D eigenvalue weighted by atomic mass is 10.2. The number of fused-ring (bicyclic) bond motifs is 1. The number of rotatable bonds is 2. The van der Waals surface area contributed by atoms with E-state index in [9.17, 15) is 0 Å². The van der Waals surface area contributed by atoms with Crippen LogP contribution in [0.1, 0.15) is 5.56 Å². The van der Waals surface area contributed by atoms with Gasteiger partial charge in [-0.05, 0) is 42.8 Å². The summed E-state index contributed by atoms with van der Waals surface area (Å²) in [5.74, 6) is 0.654. The molecule has 0 fully saturated rings.